The second-order valence-electron chi connectivity index (χ2n) is 10.2. The molecule has 11 heteroatoms. The minimum Gasteiger partial charge on any atom is -0.460 e. The van der Waals surface area contributed by atoms with Crippen molar-refractivity contribution in [3.8, 4) is 0 Å². The Morgan fingerprint density at radius 2 is 1.66 bits per heavy atom. The van der Waals surface area contributed by atoms with Crippen molar-refractivity contribution in [2.45, 2.75) is 77.5 Å². The van der Waals surface area contributed by atoms with Crippen LogP contribution in [-0.4, -0.2) is 58.1 Å². The highest BCUT2D eigenvalue weighted by atomic mass is 32.2. The second-order valence-corrected chi connectivity index (χ2v) is 12.5. The summed E-state index contributed by atoms with van der Waals surface area (Å²) in [6, 6.07) is 5.80. The van der Waals surface area contributed by atoms with Crippen molar-refractivity contribution in [2.24, 2.45) is 16.2 Å². The van der Waals surface area contributed by atoms with E-state index < -0.39 is 63.0 Å². The van der Waals surface area contributed by atoms with Gasteiger partial charge < -0.3 is 20.1 Å². The van der Waals surface area contributed by atoms with Gasteiger partial charge in [0.25, 0.3) is 5.91 Å². The highest BCUT2D eigenvalue weighted by Gasteiger charge is 2.32. The number of hydrogen-bond donors (Lipinski definition) is 2. The molecule has 38 heavy (non-hydrogen) atoms. The van der Waals surface area contributed by atoms with E-state index in [9.17, 15) is 23.4 Å². The topological polar surface area (TPSA) is 140 Å². The average Bonchev–Trinajstić information content (AvgIpc) is 2.82. The lowest BCUT2D eigenvalue weighted by molar-refractivity contribution is -0.148. The molecule has 0 heterocycles. The lowest BCUT2D eigenvalue weighted by atomic mass is 9.99. The predicted molar refractivity (Wildman–Crippen MR) is 146 cm³/mol. The smallest absolute Gasteiger partial charge is 0.408 e. The lowest BCUT2D eigenvalue weighted by Crippen LogP contribution is -2.48. The Kier molecular flexibility index (Phi) is 12.7. The van der Waals surface area contributed by atoms with Crippen LogP contribution in [0.5, 0.6) is 0 Å². The van der Waals surface area contributed by atoms with Crippen LogP contribution in [0.15, 0.2) is 52.2 Å². The van der Waals surface area contributed by atoms with Gasteiger partial charge >= 0.3 is 12.1 Å². The van der Waals surface area contributed by atoms with Crippen molar-refractivity contribution >= 4 is 33.6 Å². The zero-order valence-corrected chi connectivity index (χ0v) is 24.1. The van der Waals surface area contributed by atoms with E-state index >= 15 is 0 Å². The summed E-state index contributed by atoms with van der Waals surface area (Å²) in [7, 11) is -3.63. The number of alkyl carbamates (subject to hydrolysis) is 1. The molecule has 3 amide bonds. The lowest BCUT2D eigenvalue weighted by Gasteiger charge is -2.24. The summed E-state index contributed by atoms with van der Waals surface area (Å²) < 4.78 is 28.4. The summed E-state index contributed by atoms with van der Waals surface area (Å²) in [4.78, 5) is 51.3. The maximum absolute atomic E-state index is 14.1. The Morgan fingerprint density at radius 3 is 2.16 bits per heavy atom. The number of carbonyl (C=O) groups is 4. The Labute approximate surface area is 226 Å². The summed E-state index contributed by atoms with van der Waals surface area (Å²) in [5.41, 5.74) is -0.791. The molecule has 1 aromatic rings. The van der Waals surface area contributed by atoms with Gasteiger partial charge in [0.2, 0.25) is 5.91 Å². The van der Waals surface area contributed by atoms with Crippen LogP contribution in [0.25, 0.3) is 0 Å². The van der Waals surface area contributed by atoms with Crippen molar-refractivity contribution in [1.29, 1.82) is 0 Å². The summed E-state index contributed by atoms with van der Waals surface area (Å²) in [5, 5.41) is 5.09. The molecule has 0 saturated carbocycles. The third-order valence-corrected chi connectivity index (χ3v) is 7.54. The number of nitrogens with one attached hydrogen (secondary N) is 2. The first-order chi connectivity index (χ1) is 17.6. The quantitative estimate of drug-likeness (QED) is 0.297. The predicted octanol–water partition coefficient (Wildman–Crippen LogP) is 3.85. The first-order valence-corrected chi connectivity index (χ1v) is 14.2. The van der Waals surface area contributed by atoms with Gasteiger partial charge in [0.05, 0.1) is 9.73 Å². The molecule has 0 aliphatic heterocycles. The van der Waals surface area contributed by atoms with Gasteiger partial charge in [-0.15, -0.1) is 0 Å². The molecule has 0 bridgehead atoms. The molecule has 1 rings (SSSR count). The molecule has 1 unspecified atom stereocenters. The van der Waals surface area contributed by atoms with Crippen LogP contribution < -0.4 is 10.6 Å². The zero-order chi connectivity index (χ0) is 29.1. The van der Waals surface area contributed by atoms with Crippen LogP contribution in [-0.2, 0) is 33.6 Å². The van der Waals surface area contributed by atoms with Gasteiger partial charge in [-0.25, -0.2) is 13.8 Å². The summed E-state index contributed by atoms with van der Waals surface area (Å²) in [6.45, 7) is 15.6. The number of carbonyl (C=O) groups excluding carboxylic acids is 4. The van der Waals surface area contributed by atoms with Crippen LogP contribution >= 0.6 is 0 Å². The van der Waals surface area contributed by atoms with Crippen molar-refractivity contribution in [2.75, 3.05) is 12.4 Å². The van der Waals surface area contributed by atoms with E-state index in [1.807, 2.05) is 6.92 Å². The molecule has 0 aliphatic carbocycles. The van der Waals surface area contributed by atoms with E-state index in [-0.39, 0.29) is 17.4 Å². The van der Waals surface area contributed by atoms with Crippen LogP contribution in [0.3, 0.4) is 0 Å². The van der Waals surface area contributed by atoms with Gasteiger partial charge in [-0.2, -0.15) is 4.36 Å². The second kappa shape index (κ2) is 14.7. The fourth-order valence-corrected chi connectivity index (χ4v) is 5.01. The Bertz CT molecular complexity index is 1100. The zero-order valence-electron chi connectivity index (χ0n) is 23.3. The number of amides is 3. The van der Waals surface area contributed by atoms with Gasteiger partial charge in [0.1, 0.15) is 30.0 Å². The molecule has 0 radical (unpaired) electrons. The van der Waals surface area contributed by atoms with Crippen LogP contribution in [0.2, 0.25) is 0 Å². The molecular weight excluding hydrogens is 510 g/mol. The van der Waals surface area contributed by atoms with Crippen molar-refractivity contribution in [3.63, 3.8) is 0 Å². The van der Waals surface area contributed by atoms with Crippen molar-refractivity contribution in [1.82, 2.24) is 10.6 Å². The number of nitrogens with zero attached hydrogens (tertiary/aromatic N) is 1. The number of hydrogen-bond acceptors (Lipinski definition) is 7. The molecule has 0 aliphatic rings. The molecule has 0 fully saturated rings. The first kappa shape index (κ1) is 32.8. The van der Waals surface area contributed by atoms with E-state index in [1.54, 1.807) is 59.7 Å². The molecule has 1 aromatic carbocycles. The molecule has 0 saturated heterocycles. The summed E-state index contributed by atoms with van der Waals surface area (Å²) >= 11 is 0. The first-order valence-electron chi connectivity index (χ1n) is 12.5. The molecule has 0 spiro atoms. The molecule has 0 aromatic heterocycles. The number of ether oxygens (including phenoxy) is 2. The largest absolute Gasteiger partial charge is 0.460 e. The molecule has 10 nitrogen and oxygen atoms in total. The minimum absolute atomic E-state index is 0.0204. The van der Waals surface area contributed by atoms with E-state index in [4.69, 9.17) is 9.47 Å². The monoisotopic (exact) mass is 551 g/mol. The number of rotatable bonds is 12. The van der Waals surface area contributed by atoms with Crippen LogP contribution in [0.1, 0.15) is 54.9 Å². The molecule has 2 N–H and O–H groups in total. The average molecular weight is 552 g/mol. The highest BCUT2D eigenvalue weighted by molar-refractivity contribution is 7.94. The Hall–Kier alpha value is -3.21. The van der Waals surface area contributed by atoms with Crippen molar-refractivity contribution in [3.05, 3.63) is 43.0 Å². The number of benzene rings is 1. The van der Waals surface area contributed by atoms with Gasteiger partial charge in [0.15, 0.2) is 0 Å². The van der Waals surface area contributed by atoms with E-state index in [0.29, 0.717) is 6.42 Å². The molecular formula is C27H41N3O7S. The maximum Gasteiger partial charge on any atom is 0.408 e. The van der Waals surface area contributed by atoms with Gasteiger partial charge in [-0.05, 0) is 44.7 Å². The highest BCUT2D eigenvalue weighted by Crippen LogP contribution is 2.18. The molecule has 4 atom stereocenters. The maximum atomic E-state index is 14.1. The number of esters is 1. The van der Waals surface area contributed by atoms with E-state index in [2.05, 4.69) is 21.6 Å². The summed E-state index contributed by atoms with van der Waals surface area (Å²) in [6.07, 6.45) is 1.16. The van der Waals surface area contributed by atoms with E-state index in [1.165, 1.54) is 18.2 Å². The summed E-state index contributed by atoms with van der Waals surface area (Å²) in [5.74, 6) is -3.61. The minimum atomic E-state index is -3.63. The van der Waals surface area contributed by atoms with E-state index in [0.717, 1.165) is 0 Å². The fraction of sp³-hybridized carbons (Fsp3) is 0.556. The van der Waals surface area contributed by atoms with Crippen molar-refractivity contribution < 1.29 is 32.9 Å². The van der Waals surface area contributed by atoms with Gasteiger partial charge in [0, 0.05) is 4.90 Å². The Balaban J connectivity index is 3.35. The van der Waals surface area contributed by atoms with Gasteiger partial charge in [-0.3, -0.25) is 9.59 Å². The SMILES string of the molecule is C=CCOC(=O)[C@@H](NC(=O)CS(=O)(=NC(=O)[C@@H](NC(=O)OC(C)(C)C)C(C)C)c1ccccc1)[C@@H](C)CC. The van der Waals surface area contributed by atoms with Crippen LogP contribution in [0.4, 0.5) is 4.79 Å². The standard InChI is InChI=1S/C27H41N3O7S/c1-9-16-36-25(33)23(19(5)10-2)28-21(31)17-38(35,20-14-12-11-13-15-20)30-24(32)22(18(3)4)29-26(34)37-27(6,7)8/h9,11-15,18-19,22-23H,1,10,16-17H2,2-8H3,(H,28,31)(H,29,34)/t19-,22-,23-,38?/m0/s1. The Morgan fingerprint density at radius 1 is 1.05 bits per heavy atom. The third-order valence-electron chi connectivity index (χ3n) is 5.41. The third kappa shape index (κ3) is 10.6. The van der Waals surface area contributed by atoms with Gasteiger partial charge in [-0.1, -0.05) is 65.0 Å². The fourth-order valence-electron chi connectivity index (χ4n) is 3.24. The normalized spacial score (nSPS) is 15.3. The molecule has 212 valence electrons. The van der Waals surface area contributed by atoms with Crippen LogP contribution in [0, 0.1) is 11.8 Å².